The highest BCUT2D eigenvalue weighted by Gasteiger charge is 2.11. The summed E-state index contributed by atoms with van der Waals surface area (Å²) in [7, 11) is 0. The normalized spacial score (nSPS) is 10.7. The molecular formula is C17H20N8S. The van der Waals surface area contributed by atoms with E-state index in [0.29, 0.717) is 24.1 Å². The second-order valence-corrected chi connectivity index (χ2v) is 6.53. The van der Waals surface area contributed by atoms with Gasteiger partial charge in [-0.25, -0.2) is 0 Å². The van der Waals surface area contributed by atoms with Crippen molar-refractivity contribution in [2.75, 3.05) is 11.1 Å². The van der Waals surface area contributed by atoms with Gasteiger partial charge < -0.3 is 15.6 Å². The molecule has 0 aliphatic heterocycles. The first-order valence-corrected chi connectivity index (χ1v) is 9.02. The van der Waals surface area contributed by atoms with E-state index >= 15 is 0 Å². The number of thioether (sulfide) groups is 1. The number of aryl methyl sites for hydroxylation is 2. The zero-order valence-corrected chi connectivity index (χ0v) is 15.5. The number of nitrogen functional groups attached to an aromatic ring is 1. The Hall–Kier alpha value is -2.94. The Labute approximate surface area is 156 Å². The number of rotatable bonds is 7. The number of allylic oxidation sites excluding steroid dienone is 1. The minimum Gasteiger partial charge on any atom is -0.368 e. The number of para-hydroxylation sites is 1. The maximum atomic E-state index is 5.84. The van der Waals surface area contributed by atoms with Crippen LogP contribution in [0.5, 0.6) is 0 Å². The van der Waals surface area contributed by atoms with E-state index in [0.717, 1.165) is 22.2 Å². The molecule has 9 heteroatoms. The van der Waals surface area contributed by atoms with E-state index in [1.807, 2.05) is 48.8 Å². The summed E-state index contributed by atoms with van der Waals surface area (Å²) in [5, 5.41) is 12.3. The van der Waals surface area contributed by atoms with Gasteiger partial charge in [-0.15, -0.1) is 16.8 Å². The molecule has 3 aromatic rings. The van der Waals surface area contributed by atoms with Crippen LogP contribution in [0.2, 0.25) is 0 Å². The largest absolute Gasteiger partial charge is 0.368 e. The second-order valence-electron chi connectivity index (χ2n) is 5.59. The molecule has 3 N–H and O–H groups in total. The summed E-state index contributed by atoms with van der Waals surface area (Å²) in [6.07, 6.45) is 1.81. The number of benzene rings is 1. The van der Waals surface area contributed by atoms with Gasteiger partial charge in [0.25, 0.3) is 0 Å². The molecule has 0 radical (unpaired) electrons. The average Bonchev–Trinajstić information content (AvgIpc) is 2.95. The molecule has 0 amide bonds. The van der Waals surface area contributed by atoms with Crippen molar-refractivity contribution < 1.29 is 0 Å². The molecule has 1 aromatic carbocycles. The predicted molar refractivity (Wildman–Crippen MR) is 103 cm³/mol. The fourth-order valence-electron chi connectivity index (χ4n) is 2.33. The molecule has 0 aliphatic rings. The van der Waals surface area contributed by atoms with Crippen LogP contribution in [-0.4, -0.2) is 29.7 Å². The smallest absolute Gasteiger partial charge is 0.232 e. The number of nitrogens with two attached hydrogens (primary N) is 1. The highest BCUT2D eigenvalue weighted by Crippen LogP contribution is 2.22. The zero-order valence-electron chi connectivity index (χ0n) is 14.7. The first kappa shape index (κ1) is 17.9. The fourth-order valence-corrected chi connectivity index (χ4v) is 3.18. The van der Waals surface area contributed by atoms with Crippen molar-refractivity contribution in [2.24, 2.45) is 0 Å². The molecule has 0 saturated heterocycles. The maximum Gasteiger partial charge on any atom is 0.232 e. The first-order chi connectivity index (χ1) is 12.6. The SMILES string of the molecule is C=CCn1c(C)nnc1SCc1nc(N)nc(Nc2ccccc2C)n1. The highest BCUT2D eigenvalue weighted by atomic mass is 32.2. The minimum atomic E-state index is 0.176. The molecule has 8 nitrogen and oxygen atoms in total. The minimum absolute atomic E-state index is 0.176. The van der Waals surface area contributed by atoms with Crippen LogP contribution in [-0.2, 0) is 12.3 Å². The average molecular weight is 368 g/mol. The summed E-state index contributed by atoms with van der Waals surface area (Å²) in [4.78, 5) is 12.8. The van der Waals surface area contributed by atoms with Crippen LogP contribution < -0.4 is 11.1 Å². The lowest BCUT2D eigenvalue weighted by atomic mass is 10.2. The van der Waals surface area contributed by atoms with Crippen LogP contribution in [0.15, 0.2) is 42.1 Å². The lowest BCUT2D eigenvalue weighted by Gasteiger charge is -2.09. The van der Waals surface area contributed by atoms with Gasteiger partial charge in [0, 0.05) is 12.2 Å². The molecule has 0 fully saturated rings. The van der Waals surface area contributed by atoms with Crippen LogP contribution >= 0.6 is 11.8 Å². The van der Waals surface area contributed by atoms with Gasteiger partial charge in [-0.05, 0) is 25.5 Å². The van der Waals surface area contributed by atoms with E-state index in [2.05, 4.69) is 37.0 Å². The number of aromatic nitrogens is 6. The third-order valence-electron chi connectivity index (χ3n) is 3.63. The van der Waals surface area contributed by atoms with E-state index in [1.54, 1.807) is 0 Å². The van der Waals surface area contributed by atoms with Crippen molar-refractivity contribution in [1.29, 1.82) is 0 Å². The highest BCUT2D eigenvalue weighted by molar-refractivity contribution is 7.98. The molecule has 2 heterocycles. The fraction of sp³-hybridized carbons (Fsp3) is 0.235. The quantitative estimate of drug-likeness (QED) is 0.484. The van der Waals surface area contributed by atoms with Crippen LogP contribution in [0.3, 0.4) is 0 Å². The van der Waals surface area contributed by atoms with E-state index in [1.165, 1.54) is 11.8 Å². The Bertz CT molecular complexity index is 921. The Morgan fingerprint density at radius 1 is 1.19 bits per heavy atom. The maximum absolute atomic E-state index is 5.84. The Balaban J connectivity index is 1.76. The standard InChI is InChI=1S/C17H20N8S/c1-4-9-25-12(3)23-24-17(25)26-10-14-20-15(18)22-16(21-14)19-13-8-6-5-7-11(13)2/h4-8H,1,9-10H2,2-3H3,(H3,18,19,20,21,22). The van der Waals surface area contributed by atoms with Gasteiger partial charge in [-0.1, -0.05) is 36.0 Å². The molecule has 2 aromatic heterocycles. The lowest BCUT2D eigenvalue weighted by molar-refractivity contribution is 0.703. The number of hydrogen-bond donors (Lipinski definition) is 2. The van der Waals surface area contributed by atoms with Crippen molar-refractivity contribution in [1.82, 2.24) is 29.7 Å². The van der Waals surface area contributed by atoms with Gasteiger partial charge in [0.15, 0.2) is 5.16 Å². The number of anilines is 3. The molecule has 0 spiro atoms. The molecule has 0 saturated carbocycles. The van der Waals surface area contributed by atoms with Crippen molar-refractivity contribution >= 4 is 29.3 Å². The van der Waals surface area contributed by atoms with Gasteiger partial charge in [-0.2, -0.15) is 15.0 Å². The van der Waals surface area contributed by atoms with Gasteiger partial charge in [0.1, 0.15) is 11.6 Å². The Kier molecular flexibility index (Phi) is 5.47. The monoisotopic (exact) mass is 368 g/mol. The number of hydrogen-bond acceptors (Lipinski definition) is 8. The molecule has 3 rings (SSSR count). The topological polar surface area (TPSA) is 107 Å². The van der Waals surface area contributed by atoms with Crippen molar-refractivity contribution in [2.45, 2.75) is 31.3 Å². The first-order valence-electron chi connectivity index (χ1n) is 8.03. The van der Waals surface area contributed by atoms with Crippen LogP contribution in [0.1, 0.15) is 17.2 Å². The Morgan fingerprint density at radius 2 is 2.00 bits per heavy atom. The molecule has 134 valence electrons. The van der Waals surface area contributed by atoms with Gasteiger partial charge >= 0.3 is 0 Å². The van der Waals surface area contributed by atoms with Gasteiger partial charge in [-0.3, -0.25) is 0 Å². The third-order valence-corrected chi connectivity index (χ3v) is 4.60. The van der Waals surface area contributed by atoms with Crippen molar-refractivity contribution in [3.05, 3.63) is 54.1 Å². The van der Waals surface area contributed by atoms with E-state index in [-0.39, 0.29) is 5.95 Å². The Morgan fingerprint density at radius 3 is 2.77 bits per heavy atom. The number of nitrogens with one attached hydrogen (secondary N) is 1. The molecule has 0 bridgehead atoms. The molecule has 26 heavy (non-hydrogen) atoms. The van der Waals surface area contributed by atoms with E-state index in [9.17, 15) is 0 Å². The lowest BCUT2D eigenvalue weighted by Crippen LogP contribution is -2.07. The van der Waals surface area contributed by atoms with Crippen LogP contribution in [0, 0.1) is 13.8 Å². The summed E-state index contributed by atoms with van der Waals surface area (Å²) >= 11 is 1.49. The summed E-state index contributed by atoms with van der Waals surface area (Å²) in [5.41, 5.74) is 7.87. The van der Waals surface area contributed by atoms with E-state index < -0.39 is 0 Å². The summed E-state index contributed by atoms with van der Waals surface area (Å²) in [6.45, 7) is 8.34. The van der Waals surface area contributed by atoms with Crippen LogP contribution in [0.4, 0.5) is 17.6 Å². The van der Waals surface area contributed by atoms with Crippen LogP contribution in [0.25, 0.3) is 0 Å². The molecule has 0 atom stereocenters. The van der Waals surface area contributed by atoms with Crippen molar-refractivity contribution in [3.8, 4) is 0 Å². The molecule has 0 aliphatic carbocycles. The molecular weight excluding hydrogens is 348 g/mol. The molecule has 0 unspecified atom stereocenters. The zero-order chi connectivity index (χ0) is 18.5. The van der Waals surface area contributed by atoms with Crippen molar-refractivity contribution in [3.63, 3.8) is 0 Å². The van der Waals surface area contributed by atoms with Gasteiger partial charge in [0.2, 0.25) is 11.9 Å². The summed E-state index contributed by atoms with van der Waals surface area (Å²) in [6, 6.07) is 7.90. The van der Waals surface area contributed by atoms with E-state index in [4.69, 9.17) is 5.73 Å². The summed E-state index contributed by atoms with van der Waals surface area (Å²) in [5.74, 6) is 2.51. The second kappa shape index (κ2) is 7.96. The van der Waals surface area contributed by atoms with Gasteiger partial charge in [0.05, 0.1) is 5.75 Å². The predicted octanol–water partition coefficient (Wildman–Crippen LogP) is 2.88. The number of nitrogens with zero attached hydrogens (tertiary/aromatic N) is 6. The summed E-state index contributed by atoms with van der Waals surface area (Å²) < 4.78 is 1.98. The third kappa shape index (κ3) is 4.17.